The lowest BCUT2D eigenvalue weighted by Gasteiger charge is -2.25. The fraction of sp³-hybridized carbons (Fsp3) is 0.438. The van der Waals surface area contributed by atoms with Crippen molar-refractivity contribution in [1.82, 2.24) is 0 Å². The van der Waals surface area contributed by atoms with Crippen LogP contribution in [0.2, 0.25) is 0 Å². The molecule has 0 aliphatic heterocycles. The Bertz CT molecular complexity index is 475. The molecule has 0 unspecified atom stereocenters. The van der Waals surface area contributed by atoms with Crippen molar-refractivity contribution in [3.8, 4) is 5.75 Å². The number of phenols is 1. The van der Waals surface area contributed by atoms with Gasteiger partial charge in [-0.1, -0.05) is 24.6 Å². The van der Waals surface area contributed by atoms with E-state index >= 15 is 0 Å². The predicted molar refractivity (Wildman–Crippen MR) is 74.3 cm³/mol. The molecule has 1 aliphatic rings. The van der Waals surface area contributed by atoms with Crippen LogP contribution in [0.15, 0.2) is 35.4 Å². The number of rotatable bonds is 3. The zero-order chi connectivity index (χ0) is 13.8. The van der Waals surface area contributed by atoms with Crippen molar-refractivity contribution in [3.05, 3.63) is 41.0 Å². The molecular weight excluding hydrogens is 240 g/mol. The number of hydrogen-bond donors (Lipinski definition) is 2. The van der Waals surface area contributed by atoms with Gasteiger partial charge in [0.1, 0.15) is 5.75 Å². The molecule has 1 aromatic rings. The van der Waals surface area contributed by atoms with Crippen molar-refractivity contribution in [3.63, 3.8) is 0 Å². The van der Waals surface area contributed by atoms with Gasteiger partial charge in [-0.05, 0) is 55.7 Å². The highest BCUT2D eigenvalue weighted by atomic mass is 16.4. The Labute approximate surface area is 113 Å². The summed E-state index contributed by atoms with van der Waals surface area (Å²) < 4.78 is 0. The average molecular weight is 260 g/mol. The summed E-state index contributed by atoms with van der Waals surface area (Å²) in [5.74, 6) is 0.0103. The summed E-state index contributed by atoms with van der Waals surface area (Å²) >= 11 is 0. The van der Waals surface area contributed by atoms with Crippen molar-refractivity contribution in [1.29, 1.82) is 0 Å². The molecule has 0 atom stereocenters. The van der Waals surface area contributed by atoms with Gasteiger partial charge in [0.05, 0.1) is 0 Å². The Hall–Kier alpha value is -1.77. The van der Waals surface area contributed by atoms with E-state index < -0.39 is 5.97 Å². The third-order valence-corrected chi connectivity index (χ3v) is 3.99. The maximum atomic E-state index is 11.1. The molecule has 1 saturated carbocycles. The Kier molecular flexibility index (Phi) is 4.25. The number of carboxylic acid groups (broad SMARTS) is 1. The summed E-state index contributed by atoms with van der Waals surface area (Å²) in [7, 11) is 0. The second kappa shape index (κ2) is 5.91. The van der Waals surface area contributed by atoms with Crippen LogP contribution < -0.4 is 0 Å². The molecule has 3 nitrogen and oxygen atoms in total. The monoisotopic (exact) mass is 260 g/mol. The number of carboxylic acids is 1. The van der Waals surface area contributed by atoms with Crippen molar-refractivity contribution < 1.29 is 15.0 Å². The van der Waals surface area contributed by atoms with Crippen LogP contribution in [0.1, 0.15) is 50.5 Å². The van der Waals surface area contributed by atoms with Crippen LogP contribution in [0.3, 0.4) is 0 Å². The number of phenolic OH excluding ortho intramolecular Hbond substituents is 1. The van der Waals surface area contributed by atoms with Crippen molar-refractivity contribution in [2.75, 3.05) is 0 Å². The quantitative estimate of drug-likeness (QED) is 0.812. The van der Waals surface area contributed by atoms with Gasteiger partial charge in [0, 0.05) is 5.57 Å². The highest BCUT2D eigenvalue weighted by Gasteiger charge is 2.22. The van der Waals surface area contributed by atoms with Crippen molar-refractivity contribution >= 4 is 5.97 Å². The minimum absolute atomic E-state index is 0.291. The van der Waals surface area contributed by atoms with E-state index in [1.165, 1.54) is 5.56 Å². The van der Waals surface area contributed by atoms with E-state index in [1.54, 1.807) is 12.1 Å². The van der Waals surface area contributed by atoms with Gasteiger partial charge in [0.15, 0.2) is 0 Å². The number of allylic oxidation sites excluding steroid dienone is 1. The first-order valence-corrected chi connectivity index (χ1v) is 6.85. The van der Waals surface area contributed by atoms with Crippen LogP contribution in [-0.4, -0.2) is 16.2 Å². The van der Waals surface area contributed by atoms with Crippen LogP contribution in [0.4, 0.5) is 0 Å². The van der Waals surface area contributed by atoms with Gasteiger partial charge in [-0.25, -0.2) is 4.79 Å². The highest BCUT2D eigenvalue weighted by molar-refractivity contribution is 5.87. The van der Waals surface area contributed by atoms with Crippen LogP contribution in [0.5, 0.6) is 5.75 Å². The number of aliphatic carboxylic acids is 1. The molecule has 102 valence electrons. The number of hydrogen-bond acceptors (Lipinski definition) is 2. The predicted octanol–water partition coefficient (Wildman–Crippen LogP) is 3.84. The van der Waals surface area contributed by atoms with E-state index in [9.17, 15) is 9.90 Å². The largest absolute Gasteiger partial charge is 0.508 e. The van der Waals surface area contributed by atoms with E-state index in [4.69, 9.17) is 5.11 Å². The summed E-state index contributed by atoms with van der Waals surface area (Å²) in [6, 6.07) is 7.37. The smallest absolute Gasteiger partial charge is 0.331 e. The van der Waals surface area contributed by atoms with Gasteiger partial charge in [-0.15, -0.1) is 0 Å². The molecule has 0 radical (unpaired) electrons. The van der Waals surface area contributed by atoms with E-state index in [-0.39, 0.29) is 0 Å². The third kappa shape index (κ3) is 3.16. The Morgan fingerprint density at radius 2 is 1.79 bits per heavy atom. The molecule has 0 amide bonds. The molecule has 1 aromatic carbocycles. The van der Waals surface area contributed by atoms with E-state index in [1.807, 2.05) is 19.1 Å². The zero-order valence-electron chi connectivity index (χ0n) is 11.2. The third-order valence-electron chi connectivity index (χ3n) is 3.99. The molecule has 19 heavy (non-hydrogen) atoms. The van der Waals surface area contributed by atoms with Gasteiger partial charge >= 0.3 is 5.97 Å². The molecule has 0 spiro atoms. The zero-order valence-corrected chi connectivity index (χ0v) is 11.2. The highest BCUT2D eigenvalue weighted by Crippen LogP contribution is 2.37. The average Bonchev–Trinajstić information content (AvgIpc) is 2.41. The molecule has 2 rings (SSSR count). The maximum Gasteiger partial charge on any atom is 0.331 e. The SMILES string of the molecule is CCC(C(=O)O)=C1CCC(c2ccc(O)cc2)CC1. The molecular formula is C16H20O3. The van der Waals surface area contributed by atoms with Gasteiger partial charge in [-0.2, -0.15) is 0 Å². The standard InChI is InChI=1S/C16H20O3/c1-2-15(16(18)19)13-5-3-11(4-6-13)12-7-9-14(17)10-8-12/h7-11,17H,2-6H2,1H3,(H,18,19). The molecule has 3 heteroatoms. The van der Waals surface area contributed by atoms with E-state index in [0.717, 1.165) is 31.3 Å². The molecule has 0 aromatic heterocycles. The lowest BCUT2D eigenvalue weighted by Crippen LogP contribution is -2.11. The van der Waals surface area contributed by atoms with Gasteiger partial charge < -0.3 is 10.2 Å². The first kappa shape index (κ1) is 13.7. The molecule has 0 heterocycles. The molecule has 2 N–H and O–H groups in total. The van der Waals surface area contributed by atoms with Crippen molar-refractivity contribution in [2.24, 2.45) is 0 Å². The second-order valence-electron chi connectivity index (χ2n) is 5.11. The summed E-state index contributed by atoms with van der Waals surface area (Å²) in [5.41, 5.74) is 2.96. The number of carbonyl (C=O) groups is 1. The van der Waals surface area contributed by atoms with Crippen molar-refractivity contribution in [2.45, 2.75) is 44.9 Å². The lowest BCUT2D eigenvalue weighted by molar-refractivity contribution is -0.132. The van der Waals surface area contributed by atoms with Crippen LogP contribution in [0.25, 0.3) is 0 Å². The van der Waals surface area contributed by atoms with E-state index in [0.29, 0.717) is 23.7 Å². The number of aromatic hydroxyl groups is 1. The summed E-state index contributed by atoms with van der Waals surface area (Å²) in [4.78, 5) is 11.1. The van der Waals surface area contributed by atoms with Crippen LogP contribution in [-0.2, 0) is 4.79 Å². The topological polar surface area (TPSA) is 57.5 Å². The first-order valence-electron chi connectivity index (χ1n) is 6.85. The Balaban J connectivity index is 2.07. The van der Waals surface area contributed by atoms with Gasteiger partial charge in [0.2, 0.25) is 0 Å². The van der Waals surface area contributed by atoms with Crippen LogP contribution >= 0.6 is 0 Å². The minimum Gasteiger partial charge on any atom is -0.508 e. The summed E-state index contributed by atoms with van der Waals surface area (Å²) in [5, 5.41) is 18.4. The fourth-order valence-corrected chi connectivity index (χ4v) is 2.90. The van der Waals surface area contributed by atoms with Gasteiger partial charge in [0.25, 0.3) is 0 Å². The lowest BCUT2D eigenvalue weighted by atomic mass is 9.80. The maximum absolute atomic E-state index is 11.1. The Morgan fingerprint density at radius 3 is 2.26 bits per heavy atom. The second-order valence-corrected chi connectivity index (χ2v) is 5.11. The van der Waals surface area contributed by atoms with Gasteiger partial charge in [-0.3, -0.25) is 0 Å². The number of benzene rings is 1. The Morgan fingerprint density at radius 1 is 1.21 bits per heavy atom. The van der Waals surface area contributed by atoms with E-state index in [2.05, 4.69) is 0 Å². The molecule has 0 saturated heterocycles. The fourth-order valence-electron chi connectivity index (χ4n) is 2.90. The molecule has 1 aliphatic carbocycles. The molecule has 0 bridgehead atoms. The minimum atomic E-state index is -0.763. The van der Waals surface area contributed by atoms with Crippen LogP contribution in [0, 0.1) is 0 Å². The summed E-state index contributed by atoms with van der Waals surface area (Å²) in [6.45, 7) is 1.91. The molecule has 1 fully saturated rings. The summed E-state index contributed by atoms with van der Waals surface area (Å²) in [6.07, 6.45) is 4.35. The first-order chi connectivity index (χ1) is 9.11. The normalized spacial score (nSPS) is 19.2.